The van der Waals surface area contributed by atoms with E-state index in [0.717, 1.165) is 19.6 Å². The molecule has 2 rings (SSSR count). The maximum atomic E-state index is 11.7. The van der Waals surface area contributed by atoms with Crippen molar-refractivity contribution in [3.63, 3.8) is 0 Å². The summed E-state index contributed by atoms with van der Waals surface area (Å²) in [6, 6.07) is 0.700. The number of likely N-dealkylation sites (tertiary alicyclic amines) is 1. The lowest BCUT2D eigenvalue weighted by atomic mass is 10.1. The third-order valence-electron chi connectivity index (χ3n) is 4.03. The van der Waals surface area contributed by atoms with Crippen LogP contribution in [0.3, 0.4) is 0 Å². The normalized spacial score (nSPS) is 22.2. The van der Waals surface area contributed by atoms with E-state index in [1.165, 1.54) is 45.2 Å². The van der Waals surface area contributed by atoms with Crippen molar-refractivity contribution in [2.24, 2.45) is 5.92 Å². The Labute approximate surface area is 117 Å². The van der Waals surface area contributed by atoms with Gasteiger partial charge in [-0.15, -0.1) is 0 Å². The van der Waals surface area contributed by atoms with E-state index in [1.54, 1.807) is 0 Å². The van der Waals surface area contributed by atoms with Crippen LogP contribution in [0.4, 0.5) is 0 Å². The Morgan fingerprint density at radius 1 is 1.26 bits per heavy atom. The van der Waals surface area contributed by atoms with Crippen LogP contribution >= 0.6 is 0 Å². The van der Waals surface area contributed by atoms with E-state index in [9.17, 15) is 4.79 Å². The molecule has 1 unspecified atom stereocenters. The van der Waals surface area contributed by atoms with Crippen molar-refractivity contribution in [3.05, 3.63) is 0 Å². The fraction of sp³-hybridized carbons (Fsp3) is 0.933. The van der Waals surface area contributed by atoms with Gasteiger partial charge in [0.1, 0.15) is 0 Å². The topological polar surface area (TPSA) is 44.4 Å². The van der Waals surface area contributed by atoms with Gasteiger partial charge in [0.2, 0.25) is 5.91 Å². The molecule has 1 atom stereocenters. The summed E-state index contributed by atoms with van der Waals surface area (Å²) < 4.78 is 0. The summed E-state index contributed by atoms with van der Waals surface area (Å²) in [4.78, 5) is 14.2. The number of rotatable bonds is 8. The molecule has 1 heterocycles. The van der Waals surface area contributed by atoms with Crippen LogP contribution in [0.25, 0.3) is 0 Å². The quantitative estimate of drug-likeness (QED) is 0.698. The smallest absolute Gasteiger partial charge is 0.221 e. The Bertz CT molecular complexity index is 273. The molecule has 0 bridgehead atoms. The Hall–Kier alpha value is -0.610. The van der Waals surface area contributed by atoms with E-state index in [4.69, 9.17) is 0 Å². The van der Waals surface area contributed by atoms with E-state index in [0.29, 0.717) is 18.4 Å². The fourth-order valence-corrected chi connectivity index (χ4v) is 2.70. The summed E-state index contributed by atoms with van der Waals surface area (Å²) in [7, 11) is 0. The van der Waals surface area contributed by atoms with Crippen LogP contribution in [0.5, 0.6) is 0 Å². The first-order chi connectivity index (χ1) is 9.24. The number of hydrogen-bond donors (Lipinski definition) is 2. The van der Waals surface area contributed by atoms with Gasteiger partial charge in [-0.1, -0.05) is 13.3 Å². The minimum absolute atomic E-state index is 0.193. The van der Waals surface area contributed by atoms with Gasteiger partial charge in [-0.25, -0.2) is 0 Å². The van der Waals surface area contributed by atoms with E-state index < -0.39 is 0 Å². The summed E-state index contributed by atoms with van der Waals surface area (Å²) in [5, 5.41) is 6.43. The maximum absolute atomic E-state index is 11.7. The Kier molecular flexibility index (Phi) is 6.11. The largest absolute Gasteiger partial charge is 0.356 e. The van der Waals surface area contributed by atoms with Gasteiger partial charge in [0, 0.05) is 32.1 Å². The second-order valence-electron chi connectivity index (χ2n) is 6.25. The van der Waals surface area contributed by atoms with Crippen molar-refractivity contribution in [3.8, 4) is 0 Å². The van der Waals surface area contributed by atoms with Gasteiger partial charge in [-0.3, -0.25) is 4.79 Å². The van der Waals surface area contributed by atoms with Crippen molar-refractivity contribution in [2.45, 2.75) is 51.5 Å². The van der Waals surface area contributed by atoms with Crippen LogP contribution in [0, 0.1) is 5.92 Å². The molecule has 19 heavy (non-hydrogen) atoms. The van der Waals surface area contributed by atoms with Crippen molar-refractivity contribution in [1.29, 1.82) is 0 Å². The van der Waals surface area contributed by atoms with Gasteiger partial charge < -0.3 is 15.5 Å². The highest BCUT2D eigenvalue weighted by molar-refractivity contribution is 5.76. The lowest BCUT2D eigenvalue weighted by Gasteiger charge is -2.29. The average molecular weight is 267 g/mol. The maximum Gasteiger partial charge on any atom is 0.221 e. The van der Waals surface area contributed by atoms with Crippen LogP contribution in [-0.2, 0) is 4.79 Å². The van der Waals surface area contributed by atoms with Crippen LogP contribution in [-0.4, -0.2) is 49.6 Å². The van der Waals surface area contributed by atoms with Crippen LogP contribution in [0.2, 0.25) is 0 Å². The molecular formula is C15H29N3O. The number of amides is 1. The van der Waals surface area contributed by atoms with Gasteiger partial charge in [0.25, 0.3) is 0 Å². The molecule has 1 aliphatic carbocycles. The molecule has 0 aromatic rings. The van der Waals surface area contributed by atoms with E-state index in [2.05, 4.69) is 22.5 Å². The number of nitrogens with one attached hydrogen (secondary N) is 2. The van der Waals surface area contributed by atoms with Crippen molar-refractivity contribution < 1.29 is 4.79 Å². The zero-order chi connectivity index (χ0) is 13.5. The predicted molar refractivity (Wildman–Crippen MR) is 78.1 cm³/mol. The Balaban J connectivity index is 1.49. The monoisotopic (exact) mass is 267 g/mol. The van der Waals surface area contributed by atoms with Crippen LogP contribution < -0.4 is 10.6 Å². The number of nitrogens with zero attached hydrogens (tertiary/aromatic N) is 1. The molecule has 4 nitrogen and oxygen atoms in total. The van der Waals surface area contributed by atoms with Gasteiger partial charge >= 0.3 is 0 Å². The number of hydrogen-bond acceptors (Lipinski definition) is 3. The third kappa shape index (κ3) is 6.39. The molecule has 2 fully saturated rings. The molecule has 1 saturated heterocycles. The SMILES string of the molecule is CC(CNC(=O)CCNC1CC1)CN1CCCCC1. The first-order valence-corrected chi connectivity index (χ1v) is 7.96. The van der Waals surface area contributed by atoms with E-state index in [1.807, 2.05) is 0 Å². The van der Waals surface area contributed by atoms with Crippen LogP contribution in [0.1, 0.15) is 45.4 Å². The highest BCUT2D eigenvalue weighted by atomic mass is 16.1. The third-order valence-corrected chi connectivity index (χ3v) is 4.03. The fourth-order valence-electron chi connectivity index (χ4n) is 2.70. The number of carbonyl (C=O) groups is 1. The highest BCUT2D eigenvalue weighted by Crippen LogP contribution is 2.18. The minimum atomic E-state index is 0.193. The first-order valence-electron chi connectivity index (χ1n) is 7.96. The molecule has 0 aromatic carbocycles. The molecule has 0 radical (unpaired) electrons. The van der Waals surface area contributed by atoms with Gasteiger partial charge in [0.05, 0.1) is 0 Å². The average Bonchev–Trinajstić information content (AvgIpc) is 3.22. The predicted octanol–water partition coefficient (Wildman–Crippen LogP) is 1.37. The number of piperidine rings is 1. The first kappa shape index (κ1) is 14.8. The Morgan fingerprint density at radius 3 is 2.68 bits per heavy atom. The summed E-state index contributed by atoms with van der Waals surface area (Å²) in [5.74, 6) is 0.747. The molecule has 0 aromatic heterocycles. The highest BCUT2D eigenvalue weighted by Gasteiger charge is 2.20. The van der Waals surface area contributed by atoms with Gasteiger partial charge in [-0.05, 0) is 44.7 Å². The summed E-state index contributed by atoms with van der Waals surface area (Å²) in [6.45, 7) is 7.49. The summed E-state index contributed by atoms with van der Waals surface area (Å²) in [6.07, 6.45) is 7.25. The minimum Gasteiger partial charge on any atom is -0.356 e. The van der Waals surface area contributed by atoms with Crippen molar-refractivity contribution >= 4 is 5.91 Å². The molecular weight excluding hydrogens is 238 g/mol. The zero-order valence-electron chi connectivity index (χ0n) is 12.3. The summed E-state index contributed by atoms with van der Waals surface area (Å²) >= 11 is 0. The van der Waals surface area contributed by atoms with E-state index >= 15 is 0 Å². The second kappa shape index (κ2) is 7.85. The Morgan fingerprint density at radius 2 is 2.00 bits per heavy atom. The molecule has 2 aliphatic rings. The van der Waals surface area contributed by atoms with Crippen molar-refractivity contribution in [2.75, 3.05) is 32.7 Å². The zero-order valence-corrected chi connectivity index (χ0v) is 12.3. The molecule has 4 heteroatoms. The number of carbonyl (C=O) groups excluding carboxylic acids is 1. The second-order valence-corrected chi connectivity index (χ2v) is 6.25. The standard InChI is InChI=1S/C15H29N3O/c1-13(12-18-9-3-2-4-10-18)11-17-15(19)7-8-16-14-5-6-14/h13-14,16H,2-12H2,1H3,(H,17,19). The summed E-state index contributed by atoms with van der Waals surface area (Å²) in [5.41, 5.74) is 0. The van der Waals surface area contributed by atoms with Crippen LogP contribution in [0.15, 0.2) is 0 Å². The lowest BCUT2D eigenvalue weighted by Crippen LogP contribution is -2.38. The van der Waals surface area contributed by atoms with Gasteiger partial charge in [0.15, 0.2) is 0 Å². The van der Waals surface area contributed by atoms with E-state index in [-0.39, 0.29) is 5.91 Å². The van der Waals surface area contributed by atoms with Gasteiger partial charge in [-0.2, -0.15) is 0 Å². The molecule has 110 valence electrons. The lowest BCUT2D eigenvalue weighted by molar-refractivity contribution is -0.121. The molecule has 0 spiro atoms. The molecule has 2 N–H and O–H groups in total. The van der Waals surface area contributed by atoms with Crippen molar-refractivity contribution in [1.82, 2.24) is 15.5 Å². The molecule has 1 aliphatic heterocycles. The molecule has 1 amide bonds. The molecule has 1 saturated carbocycles.